The van der Waals surface area contributed by atoms with Gasteiger partial charge in [-0.05, 0) is 70.4 Å². The van der Waals surface area contributed by atoms with Crippen molar-refractivity contribution >= 4 is 22.4 Å². The number of nitrogens with zero attached hydrogens (tertiary/aromatic N) is 3. The Labute approximate surface area is 225 Å². The molecule has 3 heterocycles. The number of benzene rings is 1. The zero-order valence-corrected chi connectivity index (χ0v) is 23.3. The maximum Gasteiger partial charge on any atom is 0.245 e. The number of carbonyl (C=O) groups is 1. The van der Waals surface area contributed by atoms with Crippen LogP contribution >= 0.6 is 0 Å². The van der Waals surface area contributed by atoms with E-state index in [9.17, 15) is 4.79 Å². The van der Waals surface area contributed by atoms with Gasteiger partial charge in [0.15, 0.2) is 0 Å². The van der Waals surface area contributed by atoms with E-state index in [-0.39, 0.29) is 17.1 Å². The van der Waals surface area contributed by atoms with Crippen LogP contribution in [0.2, 0.25) is 0 Å². The van der Waals surface area contributed by atoms with Gasteiger partial charge in [0.2, 0.25) is 5.91 Å². The monoisotopic (exact) mass is 517 g/mol. The number of ether oxygens (including phenoxy) is 2. The lowest BCUT2D eigenvalue weighted by Gasteiger charge is -2.43. The van der Waals surface area contributed by atoms with E-state index in [1.165, 1.54) is 10.5 Å². The Balaban J connectivity index is 1.50. The summed E-state index contributed by atoms with van der Waals surface area (Å²) in [5.74, 6) is 0.692. The highest BCUT2D eigenvalue weighted by molar-refractivity contribution is 5.88. The maximum atomic E-state index is 11.6. The van der Waals surface area contributed by atoms with E-state index < -0.39 is 0 Å². The van der Waals surface area contributed by atoms with Crippen LogP contribution in [0, 0.1) is 0 Å². The van der Waals surface area contributed by atoms with Crippen LogP contribution in [0.3, 0.4) is 0 Å². The predicted octanol–water partition coefficient (Wildman–Crippen LogP) is 4.74. The molecule has 202 valence electrons. The van der Waals surface area contributed by atoms with Crippen molar-refractivity contribution in [2.24, 2.45) is 0 Å². The molecule has 38 heavy (non-hydrogen) atoms. The largest absolute Gasteiger partial charge is 0.491 e. The first kappa shape index (κ1) is 27.5. The van der Waals surface area contributed by atoms with Gasteiger partial charge in [0.05, 0.1) is 34.8 Å². The van der Waals surface area contributed by atoms with Gasteiger partial charge < -0.3 is 19.7 Å². The molecular formula is C30H39N5O3. The van der Waals surface area contributed by atoms with E-state index in [2.05, 4.69) is 61.4 Å². The van der Waals surface area contributed by atoms with Crippen molar-refractivity contribution in [2.75, 3.05) is 33.8 Å². The predicted molar refractivity (Wildman–Crippen MR) is 151 cm³/mol. The van der Waals surface area contributed by atoms with E-state index in [1.54, 1.807) is 26.4 Å². The number of amides is 1. The van der Waals surface area contributed by atoms with Crippen molar-refractivity contribution in [3.8, 4) is 5.75 Å². The number of pyridine rings is 1. The number of hydrogen-bond acceptors (Lipinski definition) is 6. The van der Waals surface area contributed by atoms with Gasteiger partial charge in [-0.2, -0.15) is 5.10 Å². The van der Waals surface area contributed by atoms with Crippen LogP contribution in [0.4, 0.5) is 0 Å². The number of carbonyl (C=O) groups excluding carboxylic acids is 1. The van der Waals surface area contributed by atoms with Gasteiger partial charge in [-0.25, -0.2) is 0 Å². The van der Waals surface area contributed by atoms with Crippen LogP contribution in [0.5, 0.6) is 5.75 Å². The van der Waals surface area contributed by atoms with Gasteiger partial charge in [0.25, 0.3) is 0 Å². The second kappa shape index (κ2) is 11.5. The molecule has 0 radical (unpaired) electrons. The second-order valence-corrected chi connectivity index (χ2v) is 11.2. The number of aromatic nitrogens is 3. The molecule has 1 aliphatic rings. The Morgan fingerprint density at radius 3 is 2.58 bits per heavy atom. The van der Waals surface area contributed by atoms with Gasteiger partial charge in [0.1, 0.15) is 12.4 Å². The van der Waals surface area contributed by atoms with Crippen LogP contribution in [0.1, 0.15) is 51.8 Å². The van der Waals surface area contributed by atoms with Crippen molar-refractivity contribution in [1.29, 1.82) is 0 Å². The lowest BCUT2D eigenvalue weighted by molar-refractivity contribution is -0.138. The zero-order chi connectivity index (χ0) is 27.3. The quantitative estimate of drug-likeness (QED) is 0.315. The molecule has 3 aromatic rings. The Kier molecular flexibility index (Phi) is 8.33. The summed E-state index contributed by atoms with van der Waals surface area (Å²) < 4.78 is 12.3. The third kappa shape index (κ3) is 7.08. The van der Waals surface area contributed by atoms with Gasteiger partial charge in [-0.1, -0.05) is 17.7 Å². The van der Waals surface area contributed by atoms with Crippen molar-refractivity contribution in [3.63, 3.8) is 0 Å². The number of rotatable bonds is 9. The highest BCUT2D eigenvalue weighted by Gasteiger charge is 2.38. The van der Waals surface area contributed by atoms with Crippen LogP contribution in [0.15, 0.2) is 60.5 Å². The molecule has 1 fully saturated rings. The molecule has 0 atom stereocenters. The summed E-state index contributed by atoms with van der Waals surface area (Å²) in [6, 6.07) is 10.4. The summed E-state index contributed by atoms with van der Waals surface area (Å²) in [7, 11) is 3.46. The first-order valence-corrected chi connectivity index (χ1v) is 13.1. The van der Waals surface area contributed by atoms with E-state index in [4.69, 9.17) is 14.5 Å². The van der Waals surface area contributed by atoms with Crippen molar-refractivity contribution in [1.82, 2.24) is 25.4 Å². The molecule has 0 spiro atoms. The fraction of sp³-hybridized carbons (Fsp3) is 0.433. The SMILES string of the molecule is CN(C)C(=O)/C=C/CNCCOc1ccc(C(=C2CC(C)(C)OC(C)(C)C2)c2ccc3[nH]ncc3c2)nc1. The van der Waals surface area contributed by atoms with Gasteiger partial charge >= 0.3 is 0 Å². The van der Waals surface area contributed by atoms with Crippen LogP contribution in [-0.2, 0) is 9.53 Å². The maximum absolute atomic E-state index is 11.6. The number of nitrogens with one attached hydrogen (secondary N) is 2. The minimum atomic E-state index is -0.271. The third-order valence-electron chi connectivity index (χ3n) is 6.42. The zero-order valence-electron chi connectivity index (χ0n) is 23.3. The Bertz CT molecular complexity index is 1300. The smallest absolute Gasteiger partial charge is 0.245 e. The summed E-state index contributed by atoms with van der Waals surface area (Å²) >= 11 is 0. The standard InChI is InChI=1S/C30H39N5O3/c1-29(2)17-23(18-30(3,4)38-29)28(21-9-11-25-22(16-21)19-33-34-25)26-12-10-24(20-32-26)37-15-14-31-13-7-8-27(36)35(5)6/h7-12,16,19-20,31H,13-15,17-18H2,1-6H3,(H,33,34)/b8-7+. The van der Waals surface area contributed by atoms with E-state index in [0.29, 0.717) is 19.7 Å². The Morgan fingerprint density at radius 1 is 1.13 bits per heavy atom. The average Bonchev–Trinajstić information content (AvgIpc) is 3.30. The van der Waals surface area contributed by atoms with Crippen molar-refractivity contribution < 1.29 is 14.3 Å². The minimum Gasteiger partial charge on any atom is -0.491 e. The molecule has 0 saturated carbocycles. The molecule has 1 aliphatic heterocycles. The molecule has 1 saturated heterocycles. The lowest BCUT2D eigenvalue weighted by atomic mass is 9.80. The molecule has 8 heteroatoms. The average molecular weight is 518 g/mol. The summed E-state index contributed by atoms with van der Waals surface area (Å²) in [6.07, 6.45) is 8.68. The lowest BCUT2D eigenvalue weighted by Crippen LogP contribution is -2.42. The Morgan fingerprint density at radius 2 is 1.89 bits per heavy atom. The third-order valence-corrected chi connectivity index (χ3v) is 6.42. The molecule has 8 nitrogen and oxygen atoms in total. The number of fused-ring (bicyclic) bond motifs is 1. The molecule has 2 N–H and O–H groups in total. The summed E-state index contributed by atoms with van der Waals surface area (Å²) in [4.78, 5) is 17.9. The first-order chi connectivity index (χ1) is 18.0. The minimum absolute atomic E-state index is 0.0267. The van der Waals surface area contributed by atoms with E-state index in [0.717, 1.165) is 46.3 Å². The summed E-state index contributed by atoms with van der Waals surface area (Å²) in [5.41, 5.74) is 4.98. The molecule has 0 bridgehead atoms. The number of hydrogen-bond donors (Lipinski definition) is 2. The summed E-state index contributed by atoms with van der Waals surface area (Å²) in [6.45, 7) is 10.4. The highest BCUT2D eigenvalue weighted by Crippen LogP contribution is 2.43. The van der Waals surface area contributed by atoms with Gasteiger partial charge in [0, 0.05) is 44.2 Å². The second-order valence-electron chi connectivity index (χ2n) is 11.2. The Hall–Kier alpha value is -3.49. The van der Waals surface area contributed by atoms with Gasteiger partial charge in [-0.15, -0.1) is 0 Å². The molecule has 0 unspecified atom stereocenters. The normalized spacial score (nSPS) is 16.6. The number of H-pyrrole nitrogens is 1. The van der Waals surface area contributed by atoms with E-state index >= 15 is 0 Å². The van der Waals surface area contributed by atoms with E-state index in [1.807, 2.05) is 24.4 Å². The first-order valence-electron chi connectivity index (χ1n) is 13.1. The molecule has 0 aliphatic carbocycles. The van der Waals surface area contributed by atoms with Crippen LogP contribution in [-0.4, -0.2) is 71.0 Å². The topological polar surface area (TPSA) is 92.4 Å². The highest BCUT2D eigenvalue weighted by atomic mass is 16.5. The number of aromatic amines is 1. The van der Waals surface area contributed by atoms with Gasteiger partial charge in [-0.3, -0.25) is 14.9 Å². The van der Waals surface area contributed by atoms with Crippen molar-refractivity contribution in [2.45, 2.75) is 51.7 Å². The molecular weight excluding hydrogens is 478 g/mol. The van der Waals surface area contributed by atoms with Crippen LogP contribution < -0.4 is 10.1 Å². The fourth-order valence-corrected chi connectivity index (χ4v) is 5.07. The van der Waals surface area contributed by atoms with Crippen molar-refractivity contribution in [3.05, 3.63) is 71.7 Å². The molecule has 1 amide bonds. The number of likely N-dealkylation sites (N-methyl/N-ethyl adjacent to an activating group) is 1. The van der Waals surface area contributed by atoms with Crippen LogP contribution in [0.25, 0.3) is 16.5 Å². The molecule has 2 aromatic heterocycles. The molecule has 4 rings (SSSR count). The summed E-state index contributed by atoms with van der Waals surface area (Å²) in [5, 5.41) is 11.5. The fourth-order valence-electron chi connectivity index (χ4n) is 5.07. The molecule has 1 aromatic carbocycles.